The molecule has 10 heteroatoms. The van der Waals surface area contributed by atoms with E-state index in [9.17, 15) is 9.59 Å². The largest absolute Gasteiger partial charge is 0.393 e. The van der Waals surface area contributed by atoms with E-state index in [-0.39, 0.29) is 29.1 Å². The number of nitrogen functional groups attached to an aromatic ring is 1. The van der Waals surface area contributed by atoms with Crippen LogP contribution in [0.4, 0.5) is 17.3 Å². The molecule has 0 atom stereocenters. The van der Waals surface area contributed by atoms with Gasteiger partial charge in [0.1, 0.15) is 12.0 Å². The first-order valence-corrected chi connectivity index (χ1v) is 9.30. The molecule has 0 radical (unpaired) electrons. The number of halogens is 1. The van der Waals surface area contributed by atoms with Gasteiger partial charge in [0.05, 0.1) is 5.56 Å². The quantitative estimate of drug-likeness (QED) is 0.360. The Hall–Kier alpha value is -3.66. The van der Waals surface area contributed by atoms with Crippen LogP contribution in [0.1, 0.15) is 26.3 Å². The van der Waals surface area contributed by atoms with Gasteiger partial charge in [-0.2, -0.15) is 0 Å². The molecule has 0 spiro atoms. The number of aryl methyl sites for hydroxylation is 1. The summed E-state index contributed by atoms with van der Waals surface area (Å²) in [6.07, 6.45) is 1.24. The summed E-state index contributed by atoms with van der Waals surface area (Å²) in [7, 11) is 0. The molecule has 0 saturated carbocycles. The topological polar surface area (TPSA) is 134 Å². The number of carbonyl (C=O) groups is 2. The molecule has 6 N–H and O–H groups in total. The zero-order valence-corrected chi connectivity index (χ0v) is 16.9. The Bertz CT molecular complexity index is 978. The predicted molar refractivity (Wildman–Crippen MR) is 114 cm³/mol. The van der Waals surface area contributed by atoms with E-state index >= 15 is 0 Å². The second-order valence-corrected chi connectivity index (χ2v) is 6.79. The summed E-state index contributed by atoms with van der Waals surface area (Å²) in [5.74, 6) is -0.358. The summed E-state index contributed by atoms with van der Waals surface area (Å²) in [6, 6.07) is 14.1. The van der Waals surface area contributed by atoms with Crippen molar-refractivity contribution in [1.29, 1.82) is 0 Å². The van der Waals surface area contributed by atoms with Gasteiger partial charge in [0.15, 0.2) is 11.6 Å². The lowest BCUT2D eigenvalue weighted by Crippen LogP contribution is -2.32. The van der Waals surface area contributed by atoms with Crippen LogP contribution in [0.3, 0.4) is 0 Å². The number of carbonyl (C=O) groups excluding carboxylic acids is 2. The van der Waals surface area contributed by atoms with E-state index in [1.807, 2.05) is 19.1 Å². The Kier molecular flexibility index (Phi) is 6.25. The fraction of sp³-hybridized carbons (Fsp3) is 0.0526. The van der Waals surface area contributed by atoms with Gasteiger partial charge >= 0.3 is 0 Å². The van der Waals surface area contributed by atoms with Crippen molar-refractivity contribution in [1.82, 2.24) is 20.8 Å². The highest BCUT2D eigenvalue weighted by Crippen LogP contribution is 2.21. The maximum Gasteiger partial charge on any atom is 0.270 e. The molecule has 29 heavy (non-hydrogen) atoms. The fourth-order valence-corrected chi connectivity index (χ4v) is 2.90. The van der Waals surface area contributed by atoms with E-state index in [2.05, 4.69) is 47.6 Å². The van der Waals surface area contributed by atoms with Crippen molar-refractivity contribution in [2.75, 3.05) is 16.6 Å². The maximum absolute atomic E-state index is 12.3. The van der Waals surface area contributed by atoms with Crippen molar-refractivity contribution in [2.45, 2.75) is 6.92 Å². The van der Waals surface area contributed by atoms with E-state index in [1.165, 1.54) is 6.33 Å². The van der Waals surface area contributed by atoms with Crippen molar-refractivity contribution in [3.63, 3.8) is 0 Å². The molecule has 0 unspecified atom stereocenters. The molecule has 0 aliphatic rings. The number of hydrazine groups is 2. The number of amides is 2. The SMILES string of the molecule is Cc1ccccc1C(=O)NNc1ncnc(NNC(=O)c2ccccc2Br)c1N. The first-order valence-electron chi connectivity index (χ1n) is 8.50. The van der Waals surface area contributed by atoms with Crippen LogP contribution in [0.5, 0.6) is 0 Å². The Morgan fingerprint density at radius 1 is 0.862 bits per heavy atom. The molecule has 2 amide bonds. The second-order valence-electron chi connectivity index (χ2n) is 5.94. The minimum atomic E-state index is -0.377. The molecule has 148 valence electrons. The molecule has 0 aliphatic carbocycles. The van der Waals surface area contributed by atoms with Crippen molar-refractivity contribution < 1.29 is 9.59 Å². The van der Waals surface area contributed by atoms with Crippen LogP contribution >= 0.6 is 15.9 Å². The number of hydrogen-bond donors (Lipinski definition) is 5. The van der Waals surface area contributed by atoms with Crippen LogP contribution in [-0.4, -0.2) is 21.8 Å². The molecule has 3 aromatic rings. The van der Waals surface area contributed by atoms with Crippen LogP contribution in [0.25, 0.3) is 0 Å². The maximum atomic E-state index is 12.3. The lowest BCUT2D eigenvalue weighted by atomic mass is 10.1. The third-order valence-corrected chi connectivity index (χ3v) is 4.67. The number of aromatic nitrogens is 2. The molecule has 3 rings (SSSR count). The average Bonchev–Trinajstić information content (AvgIpc) is 2.72. The molecule has 0 saturated heterocycles. The molecule has 1 heterocycles. The Labute approximate surface area is 175 Å². The first kappa shape index (κ1) is 20.1. The summed E-state index contributed by atoms with van der Waals surface area (Å²) in [6.45, 7) is 1.84. The van der Waals surface area contributed by atoms with E-state index in [0.717, 1.165) is 5.56 Å². The van der Waals surface area contributed by atoms with E-state index in [4.69, 9.17) is 5.73 Å². The standard InChI is InChI=1S/C19H18BrN7O2/c1-11-6-2-3-7-12(11)18(28)26-24-16-15(21)17(23-10-22-16)25-27-19(29)13-8-4-5-9-14(13)20/h2-10H,21H2,1H3,(H,26,28)(H,27,29)(H2,22,23,24,25). The third-order valence-electron chi connectivity index (χ3n) is 3.98. The van der Waals surface area contributed by atoms with Gasteiger partial charge in [-0.1, -0.05) is 30.3 Å². The van der Waals surface area contributed by atoms with Gasteiger partial charge in [0, 0.05) is 10.0 Å². The number of rotatable bonds is 6. The van der Waals surface area contributed by atoms with E-state index in [0.29, 0.717) is 15.6 Å². The molecular formula is C19H18BrN7O2. The normalized spacial score (nSPS) is 10.1. The van der Waals surface area contributed by atoms with Crippen LogP contribution in [0, 0.1) is 6.92 Å². The third kappa shape index (κ3) is 4.79. The van der Waals surface area contributed by atoms with Crippen LogP contribution in [0.15, 0.2) is 59.3 Å². The lowest BCUT2D eigenvalue weighted by molar-refractivity contribution is 0.0954. The number of nitrogens with two attached hydrogens (primary N) is 1. The molecule has 1 aromatic heterocycles. The second kappa shape index (κ2) is 9.02. The summed E-state index contributed by atoms with van der Waals surface area (Å²) in [5.41, 5.74) is 18.3. The number of anilines is 3. The van der Waals surface area contributed by atoms with Crippen LogP contribution in [0.2, 0.25) is 0 Å². The molecule has 2 aromatic carbocycles. The molecule has 9 nitrogen and oxygen atoms in total. The number of benzene rings is 2. The van der Waals surface area contributed by atoms with Gasteiger partial charge in [0.2, 0.25) is 0 Å². The number of nitrogens with zero attached hydrogens (tertiary/aromatic N) is 2. The van der Waals surface area contributed by atoms with Gasteiger partial charge in [-0.3, -0.25) is 31.3 Å². The minimum Gasteiger partial charge on any atom is -0.393 e. The zero-order valence-electron chi connectivity index (χ0n) is 15.4. The van der Waals surface area contributed by atoms with Gasteiger partial charge in [-0.15, -0.1) is 0 Å². The van der Waals surface area contributed by atoms with Gasteiger partial charge in [-0.05, 0) is 46.6 Å². The van der Waals surface area contributed by atoms with Gasteiger partial charge in [-0.25, -0.2) is 9.97 Å². The summed E-state index contributed by atoms with van der Waals surface area (Å²) < 4.78 is 0.649. The Morgan fingerprint density at radius 3 is 1.97 bits per heavy atom. The highest BCUT2D eigenvalue weighted by atomic mass is 79.9. The van der Waals surface area contributed by atoms with Crippen molar-refractivity contribution in [2.24, 2.45) is 0 Å². The highest BCUT2D eigenvalue weighted by molar-refractivity contribution is 9.10. The zero-order chi connectivity index (χ0) is 20.8. The fourth-order valence-electron chi connectivity index (χ4n) is 2.43. The average molecular weight is 456 g/mol. The van der Waals surface area contributed by atoms with Crippen molar-refractivity contribution in [3.05, 3.63) is 76.0 Å². The van der Waals surface area contributed by atoms with Crippen LogP contribution < -0.4 is 27.4 Å². The van der Waals surface area contributed by atoms with Crippen molar-refractivity contribution in [3.8, 4) is 0 Å². The predicted octanol–water partition coefficient (Wildman–Crippen LogP) is 2.64. The van der Waals surface area contributed by atoms with Crippen LogP contribution in [-0.2, 0) is 0 Å². The van der Waals surface area contributed by atoms with E-state index < -0.39 is 0 Å². The minimum absolute atomic E-state index is 0.116. The summed E-state index contributed by atoms with van der Waals surface area (Å²) >= 11 is 3.32. The molecule has 0 bridgehead atoms. The van der Waals surface area contributed by atoms with Crippen molar-refractivity contribution >= 4 is 45.1 Å². The molecule has 0 fully saturated rings. The Morgan fingerprint density at radius 2 is 1.38 bits per heavy atom. The van der Waals surface area contributed by atoms with Gasteiger partial charge in [0.25, 0.3) is 11.8 Å². The smallest absolute Gasteiger partial charge is 0.270 e. The first-order chi connectivity index (χ1) is 14.0. The monoisotopic (exact) mass is 455 g/mol. The lowest BCUT2D eigenvalue weighted by Gasteiger charge is -2.14. The highest BCUT2D eigenvalue weighted by Gasteiger charge is 2.13. The summed E-state index contributed by atoms with van der Waals surface area (Å²) in [4.78, 5) is 32.6. The Balaban J connectivity index is 1.65. The molecular weight excluding hydrogens is 438 g/mol. The summed E-state index contributed by atoms with van der Waals surface area (Å²) in [5, 5.41) is 0. The molecule has 0 aliphatic heterocycles. The van der Waals surface area contributed by atoms with E-state index in [1.54, 1.807) is 36.4 Å². The van der Waals surface area contributed by atoms with Gasteiger partial charge < -0.3 is 5.73 Å². The number of nitrogens with one attached hydrogen (secondary N) is 4. The number of hydrogen-bond acceptors (Lipinski definition) is 7.